The number of aromatic nitrogens is 3. The lowest BCUT2D eigenvalue weighted by Gasteiger charge is -2.17. The number of halogens is 3. The number of ether oxygens (including phenoxy) is 1. The van der Waals surface area contributed by atoms with Crippen LogP contribution in [-0.4, -0.2) is 58.5 Å². The number of methoxy groups -OCH3 is 1. The van der Waals surface area contributed by atoms with Gasteiger partial charge < -0.3 is 26.0 Å². The first-order valence-corrected chi connectivity index (χ1v) is 19.6. The number of carbonyl (C=O) groups is 2. The highest BCUT2D eigenvalue weighted by Gasteiger charge is 2.23. The molecule has 5 heterocycles. The van der Waals surface area contributed by atoms with E-state index in [1.54, 1.807) is 19.5 Å². The second-order valence-electron chi connectivity index (χ2n) is 14.1. The Morgan fingerprint density at radius 1 is 0.786 bits per heavy atom. The summed E-state index contributed by atoms with van der Waals surface area (Å²) < 4.78 is 7.36. The summed E-state index contributed by atoms with van der Waals surface area (Å²) in [5.74, 6) is 0.814. The van der Waals surface area contributed by atoms with Crippen LogP contribution in [0.1, 0.15) is 36.8 Å². The van der Waals surface area contributed by atoms with Crippen LogP contribution in [0, 0.1) is 0 Å². The van der Waals surface area contributed by atoms with Crippen LogP contribution in [0.25, 0.3) is 50.1 Å². The third kappa shape index (κ3) is 7.57. The summed E-state index contributed by atoms with van der Waals surface area (Å²) >= 11 is 21.2. The van der Waals surface area contributed by atoms with Crippen molar-refractivity contribution >= 4 is 63.2 Å². The van der Waals surface area contributed by atoms with Gasteiger partial charge in [-0.3, -0.25) is 18.8 Å². The number of carbonyl (C=O) groups excluding carboxylic acids is 2. The zero-order chi connectivity index (χ0) is 38.9. The molecule has 11 nitrogen and oxygen atoms in total. The Hall–Kier alpha value is -5.04. The van der Waals surface area contributed by atoms with Crippen molar-refractivity contribution < 1.29 is 14.3 Å². The SMILES string of the molecule is COc1c(CNC[C@H]2CCC(=O)N2)cc(Cl)c2nc(-c3cccc(-c4cccc(-c5ccn6c(=O)c(CNC[C@@H]7CCC(=O)N7)cnc6c5)c4Cl)c3Cl)ccc12. The lowest BCUT2D eigenvalue weighted by atomic mass is 9.97. The molecule has 0 unspecified atom stereocenters. The Morgan fingerprint density at radius 2 is 1.41 bits per heavy atom. The molecule has 56 heavy (non-hydrogen) atoms. The number of amides is 2. The molecule has 0 radical (unpaired) electrons. The summed E-state index contributed by atoms with van der Waals surface area (Å²) in [6, 6.07) is 21.1. The van der Waals surface area contributed by atoms with Crippen molar-refractivity contribution in [2.45, 2.75) is 50.9 Å². The van der Waals surface area contributed by atoms with Crippen LogP contribution >= 0.6 is 34.8 Å². The predicted molar refractivity (Wildman–Crippen MR) is 220 cm³/mol. The van der Waals surface area contributed by atoms with E-state index in [2.05, 4.69) is 26.3 Å². The summed E-state index contributed by atoms with van der Waals surface area (Å²) in [6.45, 7) is 2.09. The minimum Gasteiger partial charge on any atom is -0.496 e. The van der Waals surface area contributed by atoms with Crippen LogP contribution in [0.5, 0.6) is 5.75 Å². The highest BCUT2D eigenvalue weighted by molar-refractivity contribution is 6.39. The van der Waals surface area contributed by atoms with Crippen LogP contribution in [-0.2, 0) is 22.7 Å². The van der Waals surface area contributed by atoms with Gasteiger partial charge in [-0.2, -0.15) is 0 Å². The van der Waals surface area contributed by atoms with Crippen molar-refractivity contribution in [3.8, 4) is 39.3 Å². The third-order valence-electron chi connectivity index (χ3n) is 10.4. The summed E-state index contributed by atoms with van der Waals surface area (Å²) in [5, 5.41) is 14.8. The fourth-order valence-corrected chi connectivity index (χ4v) is 8.47. The molecule has 2 amide bonds. The Labute approximate surface area is 337 Å². The average molecular weight is 811 g/mol. The lowest BCUT2D eigenvalue weighted by molar-refractivity contribution is -0.120. The van der Waals surface area contributed by atoms with Crippen LogP contribution in [0.2, 0.25) is 15.1 Å². The van der Waals surface area contributed by atoms with Crippen molar-refractivity contribution in [2.75, 3.05) is 20.2 Å². The number of hydrogen-bond acceptors (Lipinski definition) is 8. The Bertz CT molecular complexity index is 2580. The molecule has 2 aliphatic heterocycles. The first kappa shape index (κ1) is 37.9. The van der Waals surface area contributed by atoms with E-state index in [1.165, 1.54) is 4.40 Å². The molecule has 14 heteroatoms. The Morgan fingerprint density at radius 3 is 2.05 bits per heavy atom. The fraction of sp³-hybridized carbons (Fsp3) is 0.262. The normalized spacial score (nSPS) is 16.8. The number of benzene rings is 3. The molecule has 6 aromatic rings. The monoisotopic (exact) mass is 809 g/mol. The predicted octanol–water partition coefficient (Wildman–Crippen LogP) is 6.95. The lowest BCUT2D eigenvalue weighted by Crippen LogP contribution is -2.36. The van der Waals surface area contributed by atoms with Crippen molar-refractivity contribution in [2.24, 2.45) is 0 Å². The maximum Gasteiger partial charge on any atom is 0.262 e. The van der Waals surface area contributed by atoms with Crippen molar-refractivity contribution in [3.63, 3.8) is 0 Å². The number of hydrogen-bond donors (Lipinski definition) is 4. The van der Waals surface area contributed by atoms with E-state index in [0.29, 0.717) is 87.8 Å². The van der Waals surface area contributed by atoms with Crippen molar-refractivity contribution in [3.05, 3.63) is 116 Å². The molecule has 2 fully saturated rings. The molecular formula is C42H38Cl3N7O4. The zero-order valence-electron chi connectivity index (χ0n) is 30.4. The molecular weight excluding hydrogens is 773 g/mol. The molecule has 8 rings (SSSR count). The van der Waals surface area contributed by atoms with Gasteiger partial charge in [0.2, 0.25) is 11.8 Å². The standard InChI is InChI=1S/C42H38Cl3N7O4/c1-56-41-24(18-46-21-26-8-12-36(53)49-26)16-33(43)40-32(41)10-11-34(51-40)31-7-3-6-30(39(31)45)29-5-2-4-28(38(29)44)23-14-15-52-35(17-23)48-20-25(42(52)55)19-47-22-27-9-13-37(54)50-27/h2-7,10-11,14-17,20,26-27,46-47H,8-9,12-13,18-19,21-22H2,1H3,(H,49,53)(H,50,54)/t26-,27+/m1/s1. The number of pyridine rings is 2. The first-order valence-electron chi connectivity index (χ1n) is 18.4. The molecule has 3 aromatic carbocycles. The quantitative estimate of drug-likeness (QED) is 0.104. The number of fused-ring (bicyclic) bond motifs is 2. The molecule has 0 saturated carbocycles. The Balaban J connectivity index is 1.04. The molecule has 4 N–H and O–H groups in total. The van der Waals surface area contributed by atoms with E-state index in [-0.39, 0.29) is 29.5 Å². The van der Waals surface area contributed by atoms with Gasteiger partial charge in [0.1, 0.15) is 11.4 Å². The van der Waals surface area contributed by atoms with Gasteiger partial charge in [0.25, 0.3) is 5.56 Å². The van der Waals surface area contributed by atoms with E-state index >= 15 is 0 Å². The van der Waals surface area contributed by atoms with Gasteiger partial charge in [-0.05, 0) is 48.7 Å². The minimum atomic E-state index is -0.167. The molecule has 286 valence electrons. The van der Waals surface area contributed by atoms with Gasteiger partial charge in [0.05, 0.1) is 33.4 Å². The molecule has 0 spiro atoms. The summed E-state index contributed by atoms with van der Waals surface area (Å²) in [6.07, 6.45) is 5.97. The van der Waals surface area contributed by atoms with E-state index in [1.807, 2.05) is 66.7 Å². The highest BCUT2D eigenvalue weighted by Crippen LogP contribution is 2.43. The van der Waals surface area contributed by atoms with Crippen LogP contribution < -0.4 is 31.6 Å². The second kappa shape index (κ2) is 16.2. The van der Waals surface area contributed by atoms with Crippen molar-refractivity contribution in [1.29, 1.82) is 0 Å². The smallest absolute Gasteiger partial charge is 0.262 e. The molecule has 2 atom stereocenters. The van der Waals surface area contributed by atoms with Gasteiger partial charge >= 0.3 is 0 Å². The molecule has 0 aliphatic carbocycles. The first-order chi connectivity index (χ1) is 27.2. The number of rotatable bonds is 12. The minimum absolute atomic E-state index is 0.0571. The maximum absolute atomic E-state index is 13.3. The fourth-order valence-electron chi connectivity index (χ4n) is 7.53. The molecule has 2 saturated heterocycles. The van der Waals surface area contributed by atoms with E-state index in [0.717, 1.165) is 46.0 Å². The number of nitrogens with zero attached hydrogens (tertiary/aromatic N) is 3. The zero-order valence-corrected chi connectivity index (χ0v) is 32.7. The molecule has 0 bridgehead atoms. The van der Waals surface area contributed by atoms with Crippen LogP contribution in [0.15, 0.2) is 83.9 Å². The van der Waals surface area contributed by atoms with Gasteiger partial charge in [-0.25, -0.2) is 9.97 Å². The maximum atomic E-state index is 13.3. The van der Waals surface area contributed by atoms with E-state index < -0.39 is 0 Å². The van der Waals surface area contributed by atoms with E-state index in [9.17, 15) is 14.4 Å². The molecule has 3 aromatic heterocycles. The average Bonchev–Trinajstić information content (AvgIpc) is 3.82. The third-order valence-corrected chi connectivity index (χ3v) is 11.5. The largest absolute Gasteiger partial charge is 0.496 e. The summed E-state index contributed by atoms with van der Waals surface area (Å²) in [7, 11) is 1.63. The summed E-state index contributed by atoms with van der Waals surface area (Å²) in [5.41, 5.74) is 6.67. The molecule has 2 aliphatic rings. The Kier molecular flexibility index (Phi) is 11.0. The highest BCUT2D eigenvalue weighted by atomic mass is 35.5. The van der Waals surface area contributed by atoms with Crippen molar-refractivity contribution in [1.82, 2.24) is 35.6 Å². The van der Waals surface area contributed by atoms with Gasteiger partial charge in [0.15, 0.2) is 0 Å². The van der Waals surface area contributed by atoms with Crippen LogP contribution in [0.4, 0.5) is 0 Å². The van der Waals surface area contributed by atoms with Crippen LogP contribution in [0.3, 0.4) is 0 Å². The number of nitrogens with one attached hydrogen (secondary N) is 4. The van der Waals surface area contributed by atoms with E-state index in [4.69, 9.17) is 44.5 Å². The topological polar surface area (TPSA) is 139 Å². The summed E-state index contributed by atoms with van der Waals surface area (Å²) in [4.78, 5) is 45.9. The second-order valence-corrected chi connectivity index (χ2v) is 15.2. The van der Waals surface area contributed by atoms with Gasteiger partial charge in [-0.15, -0.1) is 0 Å². The van der Waals surface area contributed by atoms with Gasteiger partial charge in [-0.1, -0.05) is 71.2 Å². The van der Waals surface area contributed by atoms with Gasteiger partial charge in [0, 0.05) is 102 Å².